The van der Waals surface area contributed by atoms with E-state index in [2.05, 4.69) is 11.8 Å². The molecule has 0 bridgehead atoms. The average molecular weight is 259 g/mol. The molecule has 18 heavy (non-hydrogen) atoms. The van der Waals surface area contributed by atoms with Crippen molar-refractivity contribution < 1.29 is 19.2 Å². The molecule has 106 valence electrons. The first-order chi connectivity index (χ1) is 8.66. The molecule has 0 aromatic heterocycles. The second kappa shape index (κ2) is 12.2. The Labute approximate surface area is 109 Å². The van der Waals surface area contributed by atoms with Crippen LogP contribution in [0, 0.1) is 0 Å². The molecule has 0 fully saturated rings. The van der Waals surface area contributed by atoms with Gasteiger partial charge in [0, 0.05) is 6.92 Å². The van der Waals surface area contributed by atoms with Crippen molar-refractivity contribution in [2.24, 2.45) is 0 Å². The quantitative estimate of drug-likeness (QED) is 0.509. The van der Waals surface area contributed by atoms with Crippen molar-refractivity contribution in [3.63, 3.8) is 0 Å². The molecule has 0 aliphatic carbocycles. The van der Waals surface area contributed by atoms with E-state index in [1.54, 1.807) is 0 Å². The number of rotatable bonds is 9. The van der Waals surface area contributed by atoms with Crippen LogP contribution in [0.4, 0.5) is 4.79 Å². The number of unbranched alkanes of at least 4 members (excludes halogenated alkanes) is 7. The van der Waals surface area contributed by atoms with Gasteiger partial charge in [0.25, 0.3) is 0 Å². The van der Waals surface area contributed by atoms with Gasteiger partial charge in [-0.25, -0.2) is 4.79 Å². The molecule has 0 heterocycles. The van der Waals surface area contributed by atoms with Gasteiger partial charge in [-0.05, 0) is 6.42 Å². The smallest absolute Gasteiger partial charge is 0.440 e. The summed E-state index contributed by atoms with van der Waals surface area (Å²) in [5.41, 5.74) is 1.90. The normalized spacial score (nSPS) is 9.89. The number of hydroxylamine groups is 1. The van der Waals surface area contributed by atoms with Gasteiger partial charge >= 0.3 is 12.1 Å². The first-order valence-electron chi connectivity index (χ1n) is 6.77. The Morgan fingerprint density at radius 3 is 2.06 bits per heavy atom. The predicted octanol–water partition coefficient (Wildman–Crippen LogP) is 3.33. The van der Waals surface area contributed by atoms with E-state index in [-0.39, 0.29) is 0 Å². The number of nitrogens with one attached hydrogen (secondary N) is 1. The Morgan fingerprint density at radius 1 is 0.944 bits per heavy atom. The first-order valence-corrected chi connectivity index (χ1v) is 6.77. The highest BCUT2D eigenvalue weighted by molar-refractivity contribution is 5.71. The number of hydrogen-bond donors (Lipinski definition) is 1. The average Bonchev–Trinajstić information content (AvgIpc) is 2.34. The van der Waals surface area contributed by atoms with E-state index < -0.39 is 12.1 Å². The molecule has 0 aromatic carbocycles. The van der Waals surface area contributed by atoms with Crippen molar-refractivity contribution in [2.75, 3.05) is 6.61 Å². The minimum absolute atomic E-state index is 0.363. The fourth-order valence-corrected chi connectivity index (χ4v) is 1.54. The van der Waals surface area contributed by atoms with Gasteiger partial charge in [-0.2, -0.15) is 0 Å². The van der Waals surface area contributed by atoms with Crippen LogP contribution in [0.5, 0.6) is 0 Å². The van der Waals surface area contributed by atoms with Crippen LogP contribution in [-0.4, -0.2) is 18.7 Å². The maximum Gasteiger partial charge on any atom is 0.440 e. The topological polar surface area (TPSA) is 64.6 Å². The van der Waals surface area contributed by atoms with Crippen molar-refractivity contribution in [2.45, 2.75) is 65.2 Å². The monoisotopic (exact) mass is 259 g/mol. The minimum Gasteiger partial charge on any atom is -0.447 e. The number of ether oxygens (including phenoxy) is 1. The first kappa shape index (κ1) is 16.7. The van der Waals surface area contributed by atoms with Crippen LogP contribution in [-0.2, 0) is 14.4 Å². The molecule has 0 saturated heterocycles. The summed E-state index contributed by atoms with van der Waals surface area (Å²) in [4.78, 5) is 25.6. The minimum atomic E-state index is -0.715. The summed E-state index contributed by atoms with van der Waals surface area (Å²) >= 11 is 0. The van der Waals surface area contributed by atoms with Crippen LogP contribution in [0.1, 0.15) is 65.2 Å². The second-order valence-corrected chi connectivity index (χ2v) is 4.31. The molecular formula is C13H25NO4. The molecule has 0 aliphatic rings. The summed E-state index contributed by atoms with van der Waals surface area (Å²) in [6.45, 7) is 3.78. The van der Waals surface area contributed by atoms with Crippen molar-refractivity contribution in [1.82, 2.24) is 5.48 Å². The SMILES string of the molecule is CCCCCCCCCCOC(=O)NOC(C)=O. The molecule has 5 heteroatoms. The molecule has 0 unspecified atom stereocenters. The Kier molecular flexibility index (Phi) is 11.3. The molecule has 1 N–H and O–H groups in total. The zero-order chi connectivity index (χ0) is 13.6. The third-order valence-corrected chi connectivity index (χ3v) is 2.51. The lowest BCUT2D eigenvalue weighted by Crippen LogP contribution is -2.26. The molecule has 0 aliphatic heterocycles. The van der Waals surface area contributed by atoms with Crippen LogP contribution in [0.3, 0.4) is 0 Å². The van der Waals surface area contributed by atoms with Crippen molar-refractivity contribution >= 4 is 12.1 Å². The van der Waals surface area contributed by atoms with Gasteiger partial charge in [0.2, 0.25) is 0 Å². The zero-order valence-corrected chi connectivity index (χ0v) is 11.5. The molecule has 0 radical (unpaired) electrons. The third kappa shape index (κ3) is 12.8. The van der Waals surface area contributed by atoms with Crippen LogP contribution in [0.2, 0.25) is 0 Å². The molecule has 0 atom stereocenters. The number of amides is 1. The Hall–Kier alpha value is -1.26. The van der Waals surface area contributed by atoms with E-state index in [0.717, 1.165) is 12.8 Å². The van der Waals surface area contributed by atoms with E-state index in [0.29, 0.717) is 6.61 Å². The fourth-order valence-electron chi connectivity index (χ4n) is 1.54. The Balaban J connectivity index is 3.15. The second-order valence-electron chi connectivity index (χ2n) is 4.31. The molecular weight excluding hydrogens is 234 g/mol. The van der Waals surface area contributed by atoms with Gasteiger partial charge in [0.15, 0.2) is 0 Å². The molecule has 0 spiro atoms. The van der Waals surface area contributed by atoms with E-state index in [1.807, 2.05) is 5.48 Å². The van der Waals surface area contributed by atoms with Gasteiger partial charge in [-0.15, -0.1) is 5.48 Å². The van der Waals surface area contributed by atoms with Crippen LogP contribution >= 0.6 is 0 Å². The highest BCUT2D eigenvalue weighted by Crippen LogP contribution is 2.08. The van der Waals surface area contributed by atoms with Crippen LogP contribution < -0.4 is 5.48 Å². The lowest BCUT2D eigenvalue weighted by atomic mass is 10.1. The van der Waals surface area contributed by atoms with Gasteiger partial charge in [-0.3, -0.25) is 4.79 Å². The lowest BCUT2D eigenvalue weighted by Gasteiger charge is -2.05. The van der Waals surface area contributed by atoms with Crippen LogP contribution in [0.15, 0.2) is 0 Å². The van der Waals surface area contributed by atoms with E-state index in [9.17, 15) is 9.59 Å². The standard InChI is InChI=1S/C13H25NO4/c1-3-4-5-6-7-8-9-10-11-17-13(16)14-18-12(2)15/h3-11H2,1-2H3,(H,14,16). The molecule has 0 rings (SSSR count). The Morgan fingerprint density at radius 2 is 1.50 bits per heavy atom. The summed E-state index contributed by atoms with van der Waals surface area (Å²) in [6.07, 6.45) is 8.82. The van der Waals surface area contributed by atoms with Crippen molar-refractivity contribution in [3.8, 4) is 0 Å². The van der Waals surface area contributed by atoms with Gasteiger partial charge < -0.3 is 9.57 Å². The van der Waals surface area contributed by atoms with E-state index >= 15 is 0 Å². The predicted molar refractivity (Wildman–Crippen MR) is 68.9 cm³/mol. The van der Waals surface area contributed by atoms with Crippen molar-refractivity contribution in [3.05, 3.63) is 0 Å². The van der Waals surface area contributed by atoms with E-state index in [1.165, 1.54) is 45.4 Å². The largest absolute Gasteiger partial charge is 0.447 e. The molecule has 0 saturated carbocycles. The number of carbonyl (C=O) groups is 2. The number of hydrogen-bond acceptors (Lipinski definition) is 4. The van der Waals surface area contributed by atoms with Gasteiger partial charge in [0.05, 0.1) is 6.61 Å². The van der Waals surface area contributed by atoms with Gasteiger partial charge in [0.1, 0.15) is 0 Å². The summed E-state index contributed by atoms with van der Waals surface area (Å²) in [5.74, 6) is -0.570. The maximum absolute atomic E-state index is 10.9. The number of carbonyl (C=O) groups excluding carboxylic acids is 2. The van der Waals surface area contributed by atoms with Crippen molar-refractivity contribution in [1.29, 1.82) is 0 Å². The highest BCUT2D eigenvalue weighted by atomic mass is 16.7. The summed E-state index contributed by atoms with van der Waals surface area (Å²) in [6, 6.07) is 0. The summed E-state index contributed by atoms with van der Waals surface area (Å²) < 4.78 is 4.81. The third-order valence-electron chi connectivity index (χ3n) is 2.51. The summed E-state index contributed by atoms with van der Waals surface area (Å²) in [7, 11) is 0. The maximum atomic E-state index is 10.9. The zero-order valence-electron chi connectivity index (χ0n) is 11.5. The Bertz CT molecular complexity index is 231. The van der Waals surface area contributed by atoms with Crippen LogP contribution in [0.25, 0.3) is 0 Å². The molecule has 1 amide bonds. The fraction of sp³-hybridized carbons (Fsp3) is 0.846. The summed E-state index contributed by atoms with van der Waals surface area (Å²) in [5, 5.41) is 0. The van der Waals surface area contributed by atoms with E-state index in [4.69, 9.17) is 4.74 Å². The molecule has 0 aromatic rings. The van der Waals surface area contributed by atoms with Gasteiger partial charge in [-0.1, -0.05) is 51.9 Å². The molecule has 5 nitrogen and oxygen atoms in total. The highest BCUT2D eigenvalue weighted by Gasteiger charge is 2.02. The lowest BCUT2D eigenvalue weighted by molar-refractivity contribution is -0.147.